The van der Waals surface area contributed by atoms with Gasteiger partial charge in [-0.05, 0) is 30.0 Å². The Kier molecular flexibility index (Phi) is 4.75. The van der Waals surface area contributed by atoms with Crippen LogP contribution in [0.1, 0.15) is 54.3 Å². The fourth-order valence-corrected chi connectivity index (χ4v) is 2.15. The van der Waals surface area contributed by atoms with Gasteiger partial charge in [0.15, 0.2) is 0 Å². The van der Waals surface area contributed by atoms with E-state index in [0.717, 1.165) is 10.2 Å². The molecule has 1 amide bonds. The van der Waals surface area contributed by atoms with E-state index in [1.54, 1.807) is 0 Å². The van der Waals surface area contributed by atoms with E-state index < -0.39 is 0 Å². The van der Waals surface area contributed by atoms with Crippen LogP contribution in [0.5, 0.6) is 0 Å². The summed E-state index contributed by atoms with van der Waals surface area (Å²) in [5.41, 5.74) is 2.28. The van der Waals surface area contributed by atoms with E-state index in [4.69, 9.17) is 0 Å². The highest BCUT2D eigenvalue weighted by molar-refractivity contribution is 5.92. The summed E-state index contributed by atoms with van der Waals surface area (Å²) in [4.78, 5) is 23.5. The van der Waals surface area contributed by atoms with Crippen LogP contribution in [-0.4, -0.2) is 15.7 Å². The first-order chi connectivity index (χ1) is 10.4. The van der Waals surface area contributed by atoms with Crippen LogP contribution >= 0.6 is 0 Å². The third-order valence-electron chi connectivity index (χ3n) is 3.64. The second kappa shape index (κ2) is 6.56. The van der Waals surface area contributed by atoms with Crippen molar-refractivity contribution >= 4 is 5.91 Å². The number of nitrogens with zero attached hydrogens (tertiary/aromatic N) is 2. The molecule has 0 spiro atoms. The van der Waals surface area contributed by atoms with Gasteiger partial charge in [-0.25, -0.2) is 4.68 Å². The van der Waals surface area contributed by atoms with Crippen molar-refractivity contribution in [1.29, 1.82) is 0 Å². The molecule has 0 aliphatic rings. The SMILES string of the molecule is CC(C)c1ccc(C(C)NC(=O)c2ccc(=O)n(C)n2)cc1. The number of hydrogen-bond donors (Lipinski definition) is 1. The molecule has 5 heteroatoms. The Hall–Kier alpha value is -2.43. The molecule has 2 rings (SSSR count). The third-order valence-corrected chi connectivity index (χ3v) is 3.64. The summed E-state index contributed by atoms with van der Waals surface area (Å²) in [5, 5.41) is 6.84. The zero-order chi connectivity index (χ0) is 16.3. The third kappa shape index (κ3) is 3.61. The van der Waals surface area contributed by atoms with Gasteiger partial charge in [0, 0.05) is 13.1 Å². The maximum absolute atomic E-state index is 12.2. The second-order valence-corrected chi connectivity index (χ2v) is 5.70. The Morgan fingerprint density at radius 3 is 2.18 bits per heavy atom. The summed E-state index contributed by atoms with van der Waals surface area (Å²) in [5.74, 6) is 0.185. The van der Waals surface area contributed by atoms with Gasteiger partial charge in [0.25, 0.3) is 11.5 Å². The molecule has 2 aromatic rings. The Bertz CT molecular complexity index is 717. The first kappa shape index (κ1) is 15.9. The summed E-state index contributed by atoms with van der Waals surface area (Å²) in [6.45, 7) is 6.21. The lowest BCUT2D eigenvalue weighted by atomic mass is 9.99. The number of amides is 1. The number of rotatable bonds is 4. The average Bonchev–Trinajstić information content (AvgIpc) is 2.50. The number of carbonyl (C=O) groups is 1. The van der Waals surface area contributed by atoms with Crippen LogP contribution < -0.4 is 10.9 Å². The zero-order valence-corrected chi connectivity index (χ0v) is 13.3. The lowest BCUT2D eigenvalue weighted by Gasteiger charge is -2.15. The lowest BCUT2D eigenvalue weighted by molar-refractivity contribution is 0.0932. The summed E-state index contributed by atoms with van der Waals surface area (Å²) in [7, 11) is 1.52. The molecule has 0 saturated carbocycles. The molecular formula is C17H21N3O2. The van der Waals surface area contributed by atoms with Crippen molar-refractivity contribution in [2.45, 2.75) is 32.7 Å². The van der Waals surface area contributed by atoms with Crippen LogP contribution in [0, 0.1) is 0 Å². The summed E-state index contributed by atoms with van der Waals surface area (Å²) in [6, 6.07) is 10.8. The van der Waals surface area contributed by atoms with E-state index in [0.29, 0.717) is 5.92 Å². The molecule has 0 radical (unpaired) electrons. The van der Waals surface area contributed by atoms with E-state index in [1.807, 2.05) is 19.1 Å². The monoisotopic (exact) mass is 299 g/mol. The van der Waals surface area contributed by atoms with Gasteiger partial charge in [-0.2, -0.15) is 5.10 Å². The molecule has 1 N–H and O–H groups in total. The minimum Gasteiger partial charge on any atom is -0.344 e. The van der Waals surface area contributed by atoms with Gasteiger partial charge in [-0.1, -0.05) is 38.1 Å². The molecule has 5 nitrogen and oxygen atoms in total. The van der Waals surface area contributed by atoms with Crippen molar-refractivity contribution in [2.24, 2.45) is 7.05 Å². The van der Waals surface area contributed by atoms with Gasteiger partial charge in [-0.15, -0.1) is 0 Å². The van der Waals surface area contributed by atoms with E-state index >= 15 is 0 Å². The molecule has 1 heterocycles. The van der Waals surface area contributed by atoms with E-state index in [1.165, 1.54) is 24.7 Å². The number of aryl methyl sites for hydroxylation is 1. The number of aromatic nitrogens is 2. The molecule has 1 unspecified atom stereocenters. The van der Waals surface area contributed by atoms with Crippen LogP contribution in [0.2, 0.25) is 0 Å². The average molecular weight is 299 g/mol. The van der Waals surface area contributed by atoms with Gasteiger partial charge in [0.05, 0.1) is 6.04 Å². The summed E-state index contributed by atoms with van der Waals surface area (Å²) in [6.07, 6.45) is 0. The molecular weight excluding hydrogens is 278 g/mol. The van der Waals surface area contributed by atoms with Crippen LogP contribution in [-0.2, 0) is 7.05 Å². The maximum atomic E-state index is 12.2. The van der Waals surface area contributed by atoms with Crippen LogP contribution in [0.4, 0.5) is 0 Å². The number of hydrogen-bond acceptors (Lipinski definition) is 3. The molecule has 22 heavy (non-hydrogen) atoms. The molecule has 1 atom stereocenters. The predicted molar refractivity (Wildman–Crippen MR) is 85.9 cm³/mol. The van der Waals surface area contributed by atoms with Crippen molar-refractivity contribution in [2.75, 3.05) is 0 Å². The quantitative estimate of drug-likeness (QED) is 0.943. The number of benzene rings is 1. The normalized spacial score (nSPS) is 12.2. The van der Waals surface area contributed by atoms with Gasteiger partial charge < -0.3 is 5.32 Å². The Balaban J connectivity index is 2.10. The first-order valence-electron chi connectivity index (χ1n) is 7.33. The van der Waals surface area contributed by atoms with Crippen molar-refractivity contribution in [3.8, 4) is 0 Å². The lowest BCUT2D eigenvalue weighted by Crippen LogP contribution is -2.30. The Morgan fingerprint density at radius 2 is 1.64 bits per heavy atom. The van der Waals surface area contributed by atoms with Crippen LogP contribution in [0.25, 0.3) is 0 Å². The standard InChI is InChI=1S/C17H21N3O2/c1-11(2)13-5-7-14(8-6-13)12(3)18-17(22)15-9-10-16(21)20(4)19-15/h5-12H,1-4H3,(H,18,22). The van der Waals surface area contributed by atoms with Crippen molar-refractivity contribution in [3.05, 3.63) is 63.6 Å². The van der Waals surface area contributed by atoms with Crippen molar-refractivity contribution < 1.29 is 4.79 Å². The van der Waals surface area contributed by atoms with E-state index in [-0.39, 0.29) is 23.2 Å². The number of nitrogens with one attached hydrogen (secondary N) is 1. The molecule has 1 aromatic carbocycles. The number of carbonyl (C=O) groups excluding carboxylic acids is 1. The fraction of sp³-hybridized carbons (Fsp3) is 0.353. The Morgan fingerprint density at radius 1 is 1.05 bits per heavy atom. The highest BCUT2D eigenvalue weighted by Gasteiger charge is 2.13. The molecule has 0 aliphatic heterocycles. The van der Waals surface area contributed by atoms with E-state index in [2.05, 4.69) is 36.4 Å². The highest BCUT2D eigenvalue weighted by atomic mass is 16.2. The smallest absolute Gasteiger partial charge is 0.272 e. The second-order valence-electron chi connectivity index (χ2n) is 5.70. The molecule has 0 saturated heterocycles. The molecule has 0 fully saturated rings. The van der Waals surface area contributed by atoms with Gasteiger partial charge in [0.1, 0.15) is 5.69 Å². The largest absolute Gasteiger partial charge is 0.344 e. The van der Waals surface area contributed by atoms with Gasteiger partial charge in [0.2, 0.25) is 0 Å². The topological polar surface area (TPSA) is 64.0 Å². The highest BCUT2D eigenvalue weighted by Crippen LogP contribution is 2.18. The minimum atomic E-state index is -0.295. The fourth-order valence-electron chi connectivity index (χ4n) is 2.15. The summed E-state index contributed by atoms with van der Waals surface area (Å²) >= 11 is 0. The first-order valence-corrected chi connectivity index (χ1v) is 7.33. The van der Waals surface area contributed by atoms with Crippen molar-refractivity contribution in [3.63, 3.8) is 0 Å². The predicted octanol–water partition coefficient (Wildman–Crippen LogP) is 2.39. The van der Waals surface area contributed by atoms with Gasteiger partial charge >= 0.3 is 0 Å². The zero-order valence-electron chi connectivity index (χ0n) is 13.3. The molecule has 1 aromatic heterocycles. The maximum Gasteiger partial charge on any atom is 0.272 e. The van der Waals surface area contributed by atoms with Crippen LogP contribution in [0.15, 0.2) is 41.2 Å². The van der Waals surface area contributed by atoms with Gasteiger partial charge in [-0.3, -0.25) is 9.59 Å². The summed E-state index contributed by atoms with van der Waals surface area (Å²) < 4.78 is 1.15. The Labute approximate surface area is 130 Å². The van der Waals surface area contributed by atoms with Crippen LogP contribution in [0.3, 0.4) is 0 Å². The molecule has 0 aliphatic carbocycles. The van der Waals surface area contributed by atoms with Crippen molar-refractivity contribution in [1.82, 2.24) is 15.1 Å². The van der Waals surface area contributed by atoms with E-state index in [9.17, 15) is 9.59 Å². The minimum absolute atomic E-state index is 0.132. The molecule has 116 valence electrons. The molecule has 0 bridgehead atoms.